The van der Waals surface area contributed by atoms with Gasteiger partial charge in [0.1, 0.15) is 5.69 Å². The summed E-state index contributed by atoms with van der Waals surface area (Å²) >= 11 is 0. The number of benzene rings is 1. The van der Waals surface area contributed by atoms with Crippen molar-refractivity contribution in [3.63, 3.8) is 0 Å². The highest BCUT2D eigenvalue weighted by atomic mass is 16.5. The van der Waals surface area contributed by atoms with Crippen LogP contribution in [-0.4, -0.2) is 41.0 Å². The summed E-state index contributed by atoms with van der Waals surface area (Å²) in [5.74, 6) is -1.66. The molecule has 0 aliphatic rings. The number of anilines is 1. The second-order valence-corrected chi connectivity index (χ2v) is 7.51. The van der Waals surface area contributed by atoms with E-state index in [1.807, 2.05) is 32.9 Å². The topological polar surface area (TPSA) is 121 Å². The van der Waals surface area contributed by atoms with Crippen LogP contribution >= 0.6 is 0 Å². The number of aryl methyl sites for hydroxylation is 4. The van der Waals surface area contributed by atoms with Gasteiger partial charge in [-0.15, -0.1) is 0 Å². The fraction of sp³-hybridized carbons (Fsp3) is 0.409. The van der Waals surface area contributed by atoms with E-state index in [1.165, 1.54) is 0 Å². The third-order valence-electron chi connectivity index (χ3n) is 4.84. The van der Waals surface area contributed by atoms with Gasteiger partial charge in [-0.05, 0) is 58.2 Å². The molecule has 2 rings (SSSR count). The molecule has 0 spiro atoms. The van der Waals surface area contributed by atoms with Crippen LogP contribution in [-0.2, 0) is 14.3 Å². The quantitative estimate of drug-likeness (QED) is 0.518. The maximum atomic E-state index is 12.2. The fourth-order valence-corrected chi connectivity index (χ4v) is 3.59. The molecule has 4 N–H and O–H groups in total. The van der Waals surface area contributed by atoms with Gasteiger partial charge in [-0.3, -0.25) is 9.59 Å². The minimum atomic E-state index is -0.731. The third-order valence-corrected chi connectivity index (χ3v) is 4.84. The molecule has 1 atom stereocenters. The van der Waals surface area contributed by atoms with E-state index in [0.717, 1.165) is 22.4 Å². The summed E-state index contributed by atoms with van der Waals surface area (Å²) in [4.78, 5) is 39.2. The van der Waals surface area contributed by atoms with Crippen LogP contribution in [0, 0.1) is 34.6 Å². The molecule has 0 unspecified atom stereocenters. The lowest BCUT2D eigenvalue weighted by atomic mass is 10.1. The number of esters is 1. The van der Waals surface area contributed by atoms with Crippen molar-refractivity contribution in [3.8, 4) is 0 Å². The van der Waals surface area contributed by atoms with Gasteiger partial charge in [0.25, 0.3) is 5.91 Å². The number of H-pyrrole nitrogens is 1. The molecule has 8 heteroatoms. The molecule has 1 aromatic heterocycles. The van der Waals surface area contributed by atoms with Crippen LogP contribution in [0.1, 0.15) is 57.0 Å². The number of aliphatic hydroxyl groups excluding tert-OH is 1. The van der Waals surface area contributed by atoms with Gasteiger partial charge in [-0.2, -0.15) is 0 Å². The SMILES string of the molecule is Cc1cc(C)c(NC(=O)CNC(=O)COC(=O)c2[nH]c(C)c([C@H](C)O)c2C)c(C)c1. The summed E-state index contributed by atoms with van der Waals surface area (Å²) in [6, 6.07) is 3.93. The molecule has 1 aromatic carbocycles. The highest BCUT2D eigenvalue weighted by molar-refractivity contribution is 5.96. The Balaban J connectivity index is 1.86. The number of ether oxygens (including phenoxy) is 1. The maximum absolute atomic E-state index is 12.2. The van der Waals surface area contributed by atoms with Crippen LogP contribution in [0.3, 0.4) is 0 Å². The molecule has 0 aliphatic heterocycles. The Morgan fingerprint density at radius 1 is 1.07 bits per heavy atom. The number of nitrogens with one attached hydrogen (secondary N) is 3. The van der Waals surface area contributed by atoms with Gasteiger partial charge in [-0.1, -0.05) is 17.7 Å². The van der Waals surface area contributed by atoms with Crippen molar-refractivity contribution in [1.29, 1.82) is 0 Å². The zero-order valence-corrected chi connectivity index (χ0v) is 18.2. The summed E-state index contributed by atoms with van der Waals surface area (Å²) in [5, 5.41) is 15.0. The Kier molecular flexibility index (Phi) is 7.39. The first-order valence-corrected chi connectivity index (χ1v) is 9.69. The summed E-state index contributed by atoms with van der Waals surface area (Å²) < 4.78 is 5.03. The van der Waals surface area contributed by atoms with Crippen molar-refractivity contribution in [2.75, 3.05) is 18.5 Å². The average Bonchev–Trinajstić information content (AvgIpc) is 2.95. The number of hydrogen-bond acceptors (Lipinski definition) is 5. The lowest BCUT2D eigenvalue weighted by Gasteiger charge is -2.13. The molecule has 2 aromatic rings. The van der Waals surface area contributed by atoms with Gasteiger partial charge >= 0.3 is 5.97 Å². The average molecular weight is 415 g/mol. The number of amides is 2. The molecule has 30 heavy (non-hydrogen) atoms. The number of carbonyl (C=O) groups is 3. The van der Waals surface area contributed by atoms with Crippen LogP contribution in [0.25, 0.3) is 0 Å². The predicted octanol–water partition coefficient (Wildman–Crippen LogP) is 2.52. The Hall–Kier alpha value is -3.13. The highest BCUT2D eigenvalue weighted by Crippen LogP contribution is 2.25. The van der Waals surface area contributed by atoms with Crippen molar-refractivity contribution in [2.24, 2.45) is 0 Å². The van der Waals surface area contributed by atoms with E-state index < -0.39 is 24.6 Å². The molecule has 162 valence electrons. The van der Waals surface area contributed by atoms with Crippen molar-refractivity contribution in [3.05, 3.63) is 51.3 Å². The molecule has 0 saturated heterocycles. The molecule has 0 radical (unpaired) electrons. The van der Waals surface area contributed by atoms with Crippen molar-refractivity contribution < 1.29 is 24.2 Å². The van der Waals surface area contributed by atoms with E-state index in [9.17, 15) is 19.5 Å². The van der Waals surface area contributed by atoms with E-state index in [-0.39, 0.29) is 18.1 Å². The van der Waals surface area contributed by atoms with E-state index in [2.05, 4.69) is 15.6 Å². The van der Waals surface area contributed by atoms with E-state index >= 15 is 0 Å². The molecule has 8 nitrogen and oxygen atoms in total. The molecule has 0 bridgehead atoms. The Morgan fingerprint density at radius 3 is 2.20 bits per heavy atom. The summed E-state index contributed by atoms with van der Waals surface area (Å²) in [6.07, 6.45) is -0.731. The highest BCUT2D eigenvalue weighted by Gasteiger charge is 2.21. The summed E-state index contributed by atoms with van der Waals surface area (Å²) in [7, 11) is 0. The minimum absolute atomic E-state index is 0.194. The minimum Gasteiger partial charge on any atom is -0.451 e. The largest absolute Gasteiger partial charge is 0.451 e. The van der Waals surface area contributed by atoms with Gasteiger partial charge in [0.2, 0.25) is 5.91 Å². The fourth-order valence-electron chi connectivity index (χ4n) is 3.59. The van der Waals surface area contributed by atoms with Gasteiger partial charge in [-0.25, -0.2) is 4.79 Å². The monoisotopic (exact) mass is 415 g/mol. The Labute approximate surface area is 176 Å². The lowest BCUT2D eigenvalue weighted by molar-refractivity contribution is -0.126. The van der Waals surface area contributed by atoms with Crippen LogP contribution in [0.4, 0.5) is 5.69 Å². The third kappa shape index (κ3) is 5.48. The number of carbonyl (C=O) groups excluding carboxylic acids is 3. The van der Waals surface area contributed by atoms with Crippen LogP contribution in [0.2, 0.25) is 0 Å². The standard InChI is InChI=1S/C22H29N3O5/c1-11-7-12(2)20(13(3)8-11)25-17(27)9-23-18(28)10-30-22(29)21-14(4)19(16(6)26)15(5)24-21/h7-8,16,24,26H,9-10H2,1-6H3,(H,23,28)(H,25,27)/t16-/m0/s1. The molecule has 0 aliphatic carbocycles. The molecular formula is C22H29N3O5. The zero-order chi connectivity index (χ0) is 22.6. The van der Waals surface area contributed by atoms with Crippen LogP contribution in [0.5, 0.6) is 0 Å². The number of aromatic nitrogens is 1. The Morgan fingerprint density at radius 2 is 1.67 bits per heavy atom. The van der Waals surface area contributed by atoms with E-state index in [1.54, 1.807) is 20.8 Å². The summed E-state index contributed by atoms with van der Waals surface area (Å²) in [6.45, 7) is 10.1. The van der Waals surface area contributed by atoms with Gasteiger partial charge in [0.05, 0.1) is 12.6 Å². The maximum Gasteiger partial charge on any atom is 0.355 e. The lowest BCUT2D eigenvalue weighted by Crippen LogP contribution is -2.35. The first-order valence-electron chi connectivity index (χ1n) is 9.69. The van der Waals surface area contributed by atoms with E-state index in [0.29, 0.717) is 16.8 Å². The van der Waals surface area contributed by atoms with Crippen molar-refractivity contribution in [1.82, 2.24) is 10.3 Å². The van der Waals surface area contributed by atoms with Gasteiger partial charge < -0.3 is 25.5 Å². The second-order valence-electron chi connectivity index (χ2n) is 7.51. The first-order chi connectivity index (χ1) is 14.0. The van der Waals surface area contributed by atoms with Crippen LogP contribution in [0.15, 0.2) is 12.1 Å². The predicted molar refractivity (Wildman–Crippen MR) is 113 cm³/mol. The van der Waals surface area contributed by atoms with Crippen molar-refractivity contribution in [2.45, 2.75) is 47.6 Å². The second kappa shape index (κ2) is 9.58. The normalized spacial score (nSPS) is 11.7. The van der Waals surface area contributed by atoms with Gasteiger partial charge in [0.15, 0.2) is 6.61 Å². The van der Waals surface area contributed by atoms with Crippen LogP contribution < -0.4 is 10.6 Å². The number of hydrogen-bond donors (Lipinski definition) is 4. The Bertz CT molecular complexity index is 952. The molecule has 1 heterocycles. The van der Waals surface area contributed by atoms with Crippen molar-refractivity contribution >= 4 is 23.5 Å². The zero-order valence-electron chi connectivity index (χ0n) is 18.2. The van der Waals surface area contributed by atoms with Gasteiger partial charge in [0, 0.05) is 16.9 Å². The molecule has 0 saturated carbocycles. The number of rotatable bonds is 7. The van der Waals surface area contributed by atoms with E-state index in [4.69, 9.17) is 4.74 Å². The number of aromatic amines is 1. The summed E-state index contributed by atoms with van der Waals surface area (Å²) in [5.41, 5.74) is 5.77. The smallest absolute Gasteiger partial charge is 0.355 e. The molecule has 0 fully saturated rings. The number of aliphatic hydroxyl groups is 1. The molecular weight excluding hydrogens is 386 g/mol. The molecule has 2 amide bonds. The first kappa shape index (κ1) is 23.2.